The summed E-state index contributed by atoms with van der Waals surface area (Å²) in [5.74, 6) is -0.304. The molecule has 0 saturated carbocycles. The van der Waals surface area contributed by atoms with Gasteiger partial charge in [-0.25, -0.2) is 9.37 Å². The summed E-state index contributed by atoms with van der Waals surface area (Å²) in [6.07, 6.45) is 0.668. The number of hydrogen-bond acceptors (Lipinski definition) is 3. The third kappa shape index (κ3) is 2.71. The molecule has 0 aliphatic carbocycles. The molecule has 3 rings (SSSR count). The van der Waals surface area contributed by atoms with Gasteiger partial charge in [0.05, 0.1) is 21.8 Å². The number of aliphatic hydroxyl groups excluding tert-OH is 1. The van der Waals surface area contributed by atoms with Crippen LogP contribution in [0.25, 0.3) is 10.2 Å². The summed E-state index contributed by atoms with van der Waals surface area (Å²) in [6.45, 7) is 0.0293. The number of rotatable bonds is 4. The van der Waals surface area contributed by atoms with E-state index < -0.39 is 0 Å². The van der Waals surface area contributed by atoms with Crippen LogP contribution in [-0.2, 0) is 6.42 Å². The molecule has 1 unspecified atom stereocenters. The van der Waals surface area contributed by atoms with E-state index >= 15 is 0 Å². The number of thiazole rings is 1. The van der Waals surface area contributed by atoms with Crippen molar-refractivity contribution in [2.24, 2.45) is 0 Å². The molecule has 20 heavy (non-hydrogen) atoms. The molecule has 4 heteroatoms. The fraction of sp³-hybridized carbons (Fsp3) is 0.188. The van der Waals surface area contributed by atoms with Crippen LogP contribution in [0.4, 0.5) is 4.39 Å². The molecule has 0 fully saturated rings. The Morgan fingerprint density at radius 3 is 2.55 bits per heavy atom. The Kier molecular flexibility index (Phi) is 3.76. The van der Waals surface area contributed by atoms with Gasteiger partial charge in [0, 0.05) is 12.3 Å². The molecule has 0 aliphatic rings. The molecule has 2 aromatic carbocycles. The standard InChI is InChI=1S/C16H14FNOS/c17-13-7-5-11(6-8-13)12(10-19)9-16-18-14-3-1-2-4-15(14)20-16/h1-8,12,19H,9-10H2. The zero-order valence-corrected chi connectivity index (χ0v) is 11.6. The highest BCUT2D eigenvalue weighted by Crippen LogP contribution is 2.27. The SMILES string of the molecule is OCC(Cc1nc2ccccc2s1)c1ccc(F)cc1. The molecule has 0 bridgehead atoms. The minimum Gasteiger partial charge on any atom is -0.396 e. The first-order chi connectivity index (χ1) is 9.76. The van der Waals surface area contributed by atoms with E-state index in [1.54, 1.807) is 23.5 Å². The topological polar surface area (TPSA) is 33.1 Å². The fourth-order valence-electron chi connectivity index (χ4n) is 2.24. The van der Waals surface area contributed by atoms with Gasteiger partial charge in [-0.05, 0) is 29.8 Å². The predicted octanol–water partition coefficient (Wildman–Crippen LogP) is 3.75. The van der Waals surface area contributed by atoms with E-state index in [4.69, 9.17) is 0 Å². The van der Waals surface area contributed by atoms with Crippen LogP contribution in [0.5, 0.6) is 0 Å². The molecule has 0 radical (unpaired) electrons. The Morgan fingerprint density at radius 2 is 1.85 bits per heavy atom. The first kappa shape index (κ1) is 13.2. The second kappa shape index (κ2) is 5.69. The van der Waals surface area contributed by atoms with Crippen LogP contribution >= 0.6 is 11.3 Å². The average molecular weight is 287 g/mol. The molecule has 3 aromatic rings. The van der Waals surface area contributed by atoms with Gasteiger partial charge in [0.2, 0.25) is 0 Å². The van der Waals surface area contributed by atoms with Crippen LogP contribution in [0.1, 0.15) is 16.5 Å². The van der Waals surface area contributed by atoms with Crippen molar-refractivity contribution < 1.29 is 9.50 Å². The maximum Gasteiger partial charge on any atom is 0.123 e. The van der Waals surface area contributed by atoms with E-state index in [9.17, 15) is 9.50 Å². The monoisotopic (exact) mass is 287 g/mol. The minimum atomic E-state index is -0.259. The van der Waals surface area contributed by atoms with Gasteiger partial charge in [0.25, 0.3) is 0 Å². The van der Waals surface area contributed by atoms with Crippen molar-refractivity contribution in [3.8, 4) is 0 Å². The number of para-hydroxylation sites is 1. The van der Waals surface area contributed by atoms with Gasteiger partial charge in [-0.3, -0.25) is 0 Å². The Labute approximate surface area is 120 Å². The van der Waals surface area contributed by atoms with Crippen molar-refractivity contribution in [2.45, 2.75) is 12.3 Å². The first-order valence-electron chi connectivity index (χ1n) is 6.47. The second-order valence-corrected chi connectivity index (χ2v) is 5.83. The van der Waals surface area contributed by atoms with Gasteiger partial charge < -0.3 is 5.11 Å². The van der Waals surface area contributed by atoms with Crippen LogP contribution in [0.15, 0.2) is 48.5 Å². The molecule has 1 atom stereocenters. The number of halogens is 1. The van der Waals surface area contributed by atoms with E-state index in [1.165, 1.54) is 12.1 Å². The minimum absolute atomic E-state index is 0.0293. The highest BCUT2D eigenvalue weighted by molar-refractivity contribution is 7.18. The number of aromatic nitrogens is 1. The summed E-state index contributed by atoms with van der Waals surface area (Å²) in [5.41, 5.74) is 1.93. The molecule has 2 nitrogen and oxygen atoms in total. The maximum atomic E-state index is 12.9. The van der Waals surface area contributed by atoms with Crippen molar-refractivity contribution in [1.82, 2.24) is 4.98 Å². The van der Waals surface area contributed by atoms with Crippen LogP contribution in [0.3, 0.4) is 0 Å². The number of benzene rings is 2. The molecular weight excluding hydrogens is 273 g/mol. The molecule has 0 saturated heterocycles. The van der Waals surface area contributed by atoms with Gasteiger partial charge in [0.1, 0.15) is 5.82 Å². The number of nitrogens with zero attached hydrogens (tertiary/aromatic N) is 1. The highest BCUT2D eigenvalue weighted by Gasteiger charge is 2.14. The number of fused-ring (bicyclic) bond motifs is 1. The molecule has 0 amide bonds. The molecule has 1 aromatic heterocycles. The summed E-state index contributed by atoms with van der Waals surface area (Å²) in [6, 6.07) is 14.3. The van der Waals surface area contributed by atoms with E-state index in [2.05, 4.69) is 4.98 Å². The van der Waals surface area contributed by atoms with E-state index in [1.807, 2.05) is 24.3 Å². The zero-order chi connectivity index (χ0) is 13.9. The molecular formula is C16H14FNOS. The normalized spacial score (nSPS) is 12.7. The predicted molar refractivity (Wildman–Crippen MR) is 79.6 cm³/mol. The third-order valence-corrected chi connectivity index (χ3v) is 4.38. The smallest absolute Gasteiger partial charge is 0.123 e. The first-order valence-corrected chi connectivity index (χ1v) is 7.28. The van der Waals surface area contributed by atoms with Gasteiger partial charge in [-0.15, -0.1) is 11.3 Å². The van der Waals surface area contributed by atoms with E-state index in [-0.39, 0.29) is 18.3 Å². The lowest BCUT2D eigenvalue weighted by molar-refractivity contribution is 0.264. The van der Waals surface area contributed by atoms with Gasteiger partial charge in [-0.2, -0.15) is 0 Å². The van der Waals surface area contributed by atoms with Crippen molar-refractivity contribution >= 4 is 21.6 Å². The quantitative estimate of drug-likeness (QED) is 0.792. The molecule has 0 aliphatic heterocycles. The van der Waals surface area contributed by atoms with Crippen LogP contribution in [-0.4, -0.2) is 16.7 Å². The second-order valence-electron chi connectivity index (χ2n) is 4.71. The van der Waals surface area contributed by atoms with Crippen molar-refractivity contribution in [2.75, 3.05) is 6.61 Å². The third-order valence-electron chi connectivity index (χ3n) is 3.32. The van der Waals surface area contributed by atoms with Crippen LogP contribution in [0, 0.1) is 5.82 Å². The van der Waals surface area contributed by atoms with E-state index in [0.717, 1.165) is 20.8 Å². The summed E-state index contributed by atoms with van der Waals surface area (Å²) in [4.78, 5) is 4.58. The highest BCUT2D eigenvalue weighted by atomic mass is 32.1. The van der Waals surface area contributed by atoms with Crippen molar-refractivity contribution in [3.05, 3.63) is 64.9 Å². The van der Waals surface area contributed by atoms with Gasteiger partial charge >= 0.3 is 0 Å². The fourth-order valence-corrected chi connectivity index (χ4v) is 3.29. The van der Waals surface area contributed by atoms with Crippen molar-refractivity contribution in [3.63, 3.8) is 0 Å². The molecule has 1 N–H and O–H groups in total. The van der Waals surface area contributed by atoms with E-state index in [0.29, 0.717) is 6.42 Å². The molecule has 1 heterocycles. The Hall–Kier alpha value is -1.78. The Bertz CT molecular complexity index is 675. The van der Waals surface area contributed by atoms with Crippen LogP contribution < -0.4 is 0 Å². The maximum absolute atomic E-state index is 12.9. The van der Waals surface area contributed by atoms with Gasteiger partial charge in [-0.1, -0.05) is 24.3 Å². The summed E-state index contributed by atoms with van der Waals surface area (Å²) >= 11 is 1.64. The lowest BCUT2D eigenvalue weighted by atomic mass is 9.97. The Balaban J connectivity index is 1.85. The van der Waals surface area contributed by atoms with Crippen LogP contribution in [0.2, 0.25) is 0 Å². The lowest BCUT2D eigenvalue weighted by Gasteiger charge is -2.12. The lowest BCUT2D eigenvalue weighted by Crippen LogP contribution is -2.07. The largest absolute Gasteiger partial charge is 0.396 e. The van der Waals surface area contributed by atoms with Crippen molar-refractivity contribution in [1.29, 1.82) is 0 Å². The number of hydrogen-bond donors (Lipinski definition) is 1. The average Bonchev–Trinajstić information content (AvgIpc) is 2.88. The molecule has 0 spiro atoms. The molecule has 102 valence electrons. The number of aliphatic hydroxyl groups is 1. The summed E-state index contributed by atoms with van der Waals surface area (Å²) < 4.78 is 14.1. The van der Waals surface area contributed by atoms with Gasteiger partial charge in [0.15, 0.2) is 0 Å². The summed E-state index contributed by atoms with van der Waals surface area (Å²) in [5, 5.41) is 10.6. The Morgan fingerprint density at radius 1 is 1.10 bits per heavy atom. The summed E-state index contributed by atoms with van der Waals surface area (Å²) in [7, 11) is 0. The zero-order valence-electron chi connectivity index (χ0n) is 10.8.